The van der Waals surface area contributed by atoms with Crippen molar-refractivity contribution in [3.8, 4) is 0 Å². The van der Waals surface area contributed by atoms with Gasteiger partial charge in [-0.15, -0.1) is 0 Å². The highest BCUT2D eigenvalue weighted by Crippen LogP contribution is 2.23. The number of alkyl halides is 1. The molecule has 0 radical (unpaired) electrons. The molecule has 1 unspecified atom stereocenters. The van der Waals surface area contributed by atoms with Gasteiger partial charge in [-0.25, -0.2) is 12.8 Å². The third-order valence-electron chi connectivity index (χ3n) is 2.74. The van der Waals surface area contributed by atoms with Gasteiger partial charge in [0.25, 0.3) is 0 Å². The number of sulfone groups is 1. The van der Waals surface area contributed by atoms with Crippen LogP contribution in [0, 0.1) is 5.82 Å². The van der Waals surface area contributed by atoms with Crippen LogP contribution in [-0.2, 0) is 9.84 Å². The predicted octanol–water partition coefficient (Wildman–Crippen LogP) is 3.13. The van der Waals surface area contributed by atoms with Crippen molar-refractivity contribution in [2.45, 2.75) is 19.3 Å². The second kappa shape index (κ2) is 6.50. The summed E-state index contributed by atoms with van der Waals surface area (Å²) < 4.78 is 35.6. The maximum Gasteiger partial charge on any atom is 0.150 e. The van der Waals surface area contributed by atoms with Gasteiger partial charge in [0.05, 0.1) is 5.75 Å². The lowest BCUT2D eigenvalue weighted by Gasteiger charge is -2.14. The summed E-state index contributed by atoms with van der Waals surface area (Å²) in [5.74, 6) is 0.183. The molecule has 5 heteroatoms. The van der Waals surface area contributed by atoms with E-state index in [1.54, 1.807) is 19.1 Å². The topological polar surface area (TPSA) is 34.1 Å². The Morgan fingerprint density at radius 1 is 1.29 bits per heavy atom. The molecule has 0 saturated carbocycles. The quantitative estimate of drug-likeness (QED) is 0.754. The molecule has 0 N–H and O–H groups in total. The van der Waals surface area contributed by atoms with Crippen LogP contribution in [0.15, 0.2) is 24.3 Å². The van der Waals surface area contributed by atoms with Crippen LogP contribution >= 0.6 is 15.9 Å². The largest absolute Gasteiger partial charge is 0.229 e. The maximum atomic E-state index is 12.8. The van der Waals surface area contributed by atoms with Crippen LogP contribution < -0.4 is 0 Å². The lowest BCUT2D eigenvalue weighted by atomic mass is 9.99. The highest BCUT2D eigenvalue weighted by atomic mass is 79.9. The van der Waals surface area contributed by atoms with Gasteiger partial charge in [-0.1, -0.05) is 35.0 Å². The molecule has 0 spiro atoms. The molecule has 96 valence electrons. The molecule has 0 bridgehead atoms. The van der Waals surface area contributed by atoms with Crippen LogP contribution in [0.5, 0.6) is 0 Å². The Bertz CT molecular complexity index is 442. The smallest absolute Gasteiger partial charge is 0.150 e. The van der Waals surface area contributed by atoms with Crippen molar-refractivity contribution in [2.24, 2.45) is 0 Å². The molecule has 0 saturated heterocycles. The minimum atomic E-state index is -2.94. The first-order chi connectivity index (χ1) is 7.98. The number of hydrogen-bond donors (Lipinski definition) is 0. The first kappa shape index (κ1) is 14.6. The van der Waals surface area contributed by atoms with Crippen molar-refractivity contribution in [1.82, 2.24) is 0 Å². The van der Waals surface area contributed by atoms with E-state index in [-0.39, 0.29) is 23.2 Å². The van der Waals surface area contributed by atoms with Crippen LogP contribution in [0.1, 0.15) is 24.8 Å². The molecule has 0 aliphatic heterocycles. The number of halogens is 2. The number of hydrogen-bond acceptors (Lipinski definition) is 2. The van der Waals surface area contributed by atoms with Crippen molar-refractivity contribution in [3.05, 3.63) is 35.6 Å². The van der Waals surface area contributed by atoms with Crippen molar-refractivity contribution in [1.29, 1.82) is 0 Å². The predicted molar refractivity (Wildman–Crippen MR) is 71.9 cm³/mol. The molecular formula is C12H16BrFO2S. The zero-order valence-electron chi connectivity index (χ0n) is 9.70. The summed E-state index contributed by atoms with van der Waals surface area (Å²) in [4.78, 5) is 0. The van der Waals surface area contributed by atoms with Crippen LogP contribution in [0.4, 0.5) is 4.39 Å². The molecule has 0 aromatic heterocycles. The summed E-state index contributed by atoms with van der Waals surface area (Å²) in [5, 5.41) is 0.678. The minimum Gasteiger partial charge on any atom is -0.229 e. The molecule has 1 rings (SSSR count). The van der Waals surface area contributed by atoms with Gasteiger partial charge in [0.15, 0.2) is 0 Å². The van der Waals surface area contributed by atoms with Gasteiger partial charge in [0, 0.05) is 11.1 Å². The zero-order valence-corrected chi connectivity index (χ0v) is 12.1. The van der Waals surface area contributed by atoms with Crippen molar-refractivity contribution < 1.29 is 12.8 Å². The summed E-state index contributed by atoms with van der Waals surface area (Å²) in [6.07, 6.45) is 0.563. The van der Waals surface area contributed by atoms with Crippen molar-refractivity contribution in [2.75, 3.05) is 16.8 Å². The molecular weight excluding hydrogens is 307 g/mol. The Kier molecular flexibility index (Phi) is 5.59. The maximum absolute atomic E-state index is 12.8. The standard InChI is InChI=1S/C12H16BrFO2S/c1-2-17(15,16)8-7-11(9-13)10-3-5-12(14)6-4-10/h3-6,11H,2,7-9H2,1H3. The van der Waals surface area contributed by atoms with E-state index < -0.39 is 9.84 Å². The van der Waals surface area contributed by atoms with Crippen LogP contribution in [-0.4, -0.2) is 25.3 Å². The summed E-state index contributed by atoms with van der Waals surface area (Å²) in [5.41, 5.74) is 0.967. The van der Waals surface area contributed by atoms with Crippen molar-refractivity contribution in [3.63, 3.8) is 0 Å². The fraction of sp³-hybridized carbons (Fsp3) is 0.500. The Morgan fingerprint density at radius 3 is 2.35 bits per heavy atom. The molecule has 0 amide bonds. The van der Waals surface area contributed by atoms with Gasteiger partial charge in [-0.3, -0.25) is 0 Å². The molecule has 0 aliphatic carbocycles. The first-order valence-electron chi connectivity index (χ1n) is 5.50. The fourth-order valence-electron chi connectivity index (χ4n) is 1.53. The van der Waals surface area contributed by atoms with Crippen LogP contribution in [0.2, 0.25) is 0 Å². The molecule has 0 heterocycles. The average molecular weight is 323 g/mol. The van der Waals surface area contributed by atoms with Gasteiger partial charge in [-0.05, 0) is 30.0 Å². The summed E-state index contributed by atoms with van der Waals surface area (Å²) in [6, 6.07) is 6.22. The van der Waals surface area contributed by atoms with E-state index in [1.807, 2.05) is 0 Å². The van der Waals surface area contributed by atoms with Crippen molar-refractivity contribution >= 4 is 25.8 Å². The zero-order chi connectivity index (χ0) is 12.9. The highest BCUT2D eigenvalue weighted by molar-refractivity contribution is 9.09. The highest BCUT2D eigenvalue weighted by Gasteiger charge is 2.15. The van der Waals surface area contributed by atoms with Gasteiger partial charge >= 0.3 is 0 Å². The van der Waals surface area contributed by atoms with Gasteiger partial charge in [0.1, 0.15) is 15.7 Å². The SMILES string of the molecule is CCS(=O)(=O)CCC(CBr)c1ccc(F)cc1. The third kappa shape index (κ3) is 4.76. The molecule has 1 aromatic rings. The van der Waals surface area contributed by atoms with E-state index in [9.17, 15) is 12.8 Å². The normalized spacial score (nSPS) is 13.6. The molecule has 2 nitrogen and oxygen atoms in total. The molecule has 1 atom stereocenters. The fourth-order valence-corrected chi connectivity index (χ4v) is 3.16. The summed E-state index contributed by atoms with van der Waals surface area (Å²) >= 11 is 3.37. The Labute approximate surface area is 110 Å². The molecule has 17 heavy (non-hydrogen) atoms. The van der Waals surface area contributed by atoms with E-state index in [2.05, 4.69) is 15.9 Å². The van der Waals surface area contributed by atoms with Crippen LogP contribution in [0.25, 0.3) is 0 Å². The molecule has 1 aromatic carbocycles. The van der Waals surface area contributed by atoms with E-state index in [1.165, 1.54) is 12.1 Å². The van der Waals surface area contributed by atoms with Crippen LogP contribution in [0.3, 0.4) is 0 Å². The lowest BCUT2D eigenvalue weighted by Crippen LogP contribution is -2.13. The average Bonchev–Trinajstić information content (AvgIpc) is 2.32. The third-order valence-corrected chi connectivity index (χ3v) is 5.26. The Morgan fingerprint density at radius 2 is 1.88 bits per heavy atom. The van der Waals surface area contributed by atoms with E-state index in [0.717, 1.165) is 5.56 Å². The molecule has 0 fully saturated rings. The number of benzene rings is 1. The van der Waals surface area contributed by atoms with Gasteiger partial charge in [0.2, 0.25) is 0 Å². The van der Waals surface area contributed by atoms with Gasteiger partial charge in [-0.2, -0.15) is 0 Å². The summed E-state index contributed by atoms with van der Waals surface area (Å²) in [7, 11) is -2.94. The molecule has 0 aliphatic rings. The monoisotopic (exact) mass is 322 g/mol. The first-order valence-corrected chi connectivity index (χ1v) is 8.44. The van der Waals surface area contributed by atoms with E-state index in [0.29, 0.717) is 11.8 Å². The Balaban J connectivity index is 2.69. The number of rotatable bonds is 6. The van der Waals surface area contributed by atoms with Gasteiger partial charge < -0.3 is 0 Å². The lowest BCUT2D eigenvalue weighted by molar-refractivity contribution is 0.589. The second-order valence-electron chi connectivity index (χ2n) is 3.93. The Hall–Kier alpha value is -0.420. The second-order valence-corrected chi connectivity index (χ2v) is 7.05. The van der Waals surface area contributed by atoms with E-state index >= 15 is 0 Å². The van der Waals surface area contributed by atoms with E-state index in [4.69, 9.17) is 0 Å². The minimum absolute atomic E-state index is 0.108. The summed E-state index contributed by atoms with van der Waals surface area (Å²) in [6.45, 7) is 1.65.